The van der Waals surface area contributed by atoms with Gasteiger partial charge in [-0.15, -0.1) is 0 Å². The highest BCUT2D eigenvalue weighted by Crippen LogP contribution is 2.21. The standard InChI is InChI=1S/C15H13N3O/c16-12-6-1-2-7-13(12)18-15(19)11-5-3-4-10-8-9-17-14(10)11/h1-9,17H,16H2,(H,18,19). The molecule has 0 bridgehead atoms. The van der Waals surface area contributed by atoms with Crippen LogP contribution in [0.1, 0.15) is 10.4 Å². The number of hydrogen-bond donors (Lipinski definition) is 3. The average molecular weight is 251 g/mol. The van der Waals surface area contributed by atoms with Crippen molar-refractivity contribution in [1.82, 2.24) is 4.98 Å². The van der Waals surface area contributed by atoms with Crippen molar-refractivity contribution in [3.8, 4) is 0 Å². The molecule has 3 aromatic rings. The summed E-state index contributed by atoms with van der Waals surface area (Å²) in [5, 5.41) is 3.83. The Balaban J connectivity index is 1.97. The molecule has 0 saturated heterocycles. The first-order chi connectivity index (χ1) is 9.25. The lowest BCUT2D eigenvalue weighted by atomic mass is 10.1. The molecular formula is C15H13N3O. The SMILES string of the molecule is Nc1ccccc1NC(=O)c1cccc2cc[nH]c12. The van der Waals surface area contributed by atoms with E-state index in [4.69, 9.17) is 5.73 Å². The molecule has 0 aliphatic carbocycles. The van der Waals surface area contributed by atoms with E-state index in [1.165, 1.54) is 0 Å². The summed E-state index contributed by atoms with van der Waals surface area (Å²) in [6.07, 6.45) is 1.82. The monoisotopic (exact) mass is 251 g/mol. The molecule has 0 fully saturated rings. The lowest BCUT2D eigenvalue weighted by molar-refractivity contribution is 0.102. The second kappa shape index (κ2) is 4.49. The van der Waals surface area contributed by atoms with Gasteiger partial charge in [0.2, 0.25) is 0 Å². The predicted molar refractivity (Wildman–Crippen MR) is 77.1 cm³/mol. The van der Waals surface area contributed by atoms with Gasteiger partial charge in [0.25, 0.3) is 5.91 Å². The van der Waals surface area contributed by atoms with Crippen LogP contribution in [0, 0.1) is 0 Å². The first-order valence-corrected chi connectivity index (χ1v) is 5.97. The van der Waals surface area contributed by atoms with Gasteiger partial charge in [0, 0.05) is 11.6 Å². The molecule has 0 spiro atoms. The number of carbonyl (C=O) groups excluding carboxylic acids is 1. The summed E-state index contributed by atoms with van der Waals surface area (Å²) in [6, 6.07) is 14.7. The van der Waals surface area contributed by atoms with E-state index in [9.17, 15) is 4.79 Å². The molecule has 0 saturated carbocycles. The average Bonchev–Trinajstić information content (AvgIpc) is 2.89. The Morgan fingerprint density at radius 3 is 2.74 bits per heavy atom. The van der Waals surface area contributed by atoms with Crippen molar-refractivity contribution in [2.75, 3.05) is 11.1 Å². The Hall–Kier alpha value is -2.75. The van der Waals surface area contributed by atoms with Gasteiger partial charge in [-0.2, -0.15) is 0 Å². The third kappa shape index (κ3) is 2.04. The maximum absolute atomic E-state index is 12.3. The zero-order valence-electron chi connectivity index (χ0n) is 10.2. The summed E-state index contributed by atoms with van der Waals surface area (Å²) in [4.78, 5) is 15.4. The molecule has 0 unspecified atom stereocenters. The van der Waals surface area contributed by atoms with Crippen molar-refractivity contribution in [1.29, 1.82) is 0 Å². The molecule has 94 valence electrons. The Morgan fingerprint density at radius 1 is 1.05 bits per heavy atom. The van der Waals surface area contributed by atoms with Crippen molar-refractivity contribution >= 4 is 28.2 Å². The number of aromatic amines is 1. The highest BCUT2D eigenvalue weighted by Gasteiger charge is 2.11. The minimum Gasteiger partial charge on any atom is -0.397 e. The Bertz CT molecular complexity index is 746. The van der Waals surface area contributed by atoms with E-state index < -0.39 is 0 Å². The van der Waals surface area contributed by atoms with Gasteiger partial charge in [0.15, 0.2) is 0 Å². The van der Waals surface area contributed by atoms with Gasteiger partial charge in [-0.25, -0.2) is 0 Å². The number of benzene rings is 2. The number of nitrogens with two attached hydrogens (primary N) is 1. The largest absolute Gasteiger partial charge is 0.397 e. The normalized spacial score (nSPS) is 10.5. The highest BCUT2D eigenvalue weighted by atomic mass is 16.1. The molecule has 4 heteroatoms. The molecule has 0 radical (unpaired) electrons. The molecule has 4 N–H and O–H groups in total. The number of hydrogen-bond acceptors (Lipinski definition) is 2. The number of nitrogens with one attached hydrogen (secondary N) is 2. The van der Waals surface area contributed by atoms with Crippen LogP contribution in [0.25, 0.3) is 10.9 Å². The summed E-state index contributed by atoms with van der Waals surface area (Å²) in [6.45, 7) is 0. The van der Waals surface area contributed by atoms with Crippen LogP contribution in [0.4, 0.5) is 11.4 Å². The molecule has 1 amide bonds. The first-order valence-electron chi connectivity index (χ1n) is 5.97. The zero-order chi connectivity index (χ0) is 13.2. The van der Waals surface area contributed by atoms with Crippen molar-refractivity contribution < 1.29 is 4.79 Å². The van der Waals surface area contributed by atoms with Crippen LogP contribution in [0.15, 0.2) is 54.7 Å². The molecular weight excluding hydrogens is 238 g/mol. The molecule has 4 nitrogen and oxygen atoms in total. The summed E-state index contributed by atoms with van der Waals surface area (Å²) >= 11 is 0. The maximum Gasteiger partial charge on any atom is 0.257 e. The quantitative estimate of drug-likeness (QED) is 0.613. The van der Waals surface area contributed by atoms with Crippen LogP contribution in [-0.2, 0) is 0 Å². The fourth-order valence-corrected chi connectivity index (χ4v) is 2.07. The van der Waals surface area contributed by atoms with Gasteiger partial charge in [-0.1, -0.05) is 24.3 Å². The summed E-state index contributed by atoms with van der Waals surface area (Å²) in [5.41, 5.74) is 8.42. The van der Waals surface area contributed by atoms with E-state index in [1.54, 1.807) is 18.2 Å². The van der Waals surface area contributed by atoms with Crippen LogP contribution in [0.3, 0.4) is 0 Å². The lowest BCUT2D eigenvalue weighted by Gasteiger charge is -2.08. The number of rotatable bonds is 2. The van der Waals surface area contributed by atoms with Crippen molar-refractivity contribution in [3.63, 3.8) is 0 Å². The van der Waals surface area contributed by atoms with Gasteiger partial charge in [-0.3, -0.25) is 4.79 Å². The molecule has 1 heterocycles. The number of nitrogen functional groups attached to an aromatic ring is 1. The summed E-state index contributed by atoms with van der Waals surface area (Å²) in [7, 11) is 0. The number of H-pyrrole nitrogens is 1. The number of amides is 1. The summed E-state index contributed by atoms with van der Waals surface area (Å²) < 4.78 is 0. The molecule has 0 atom stereocenters. The molecule has 19 heavy (non-hydrogen) atoms. The van der Waals surface area contributed by atoms with Gasteiger partial charge in [-0.05, 0) is 24.3 Å². The third-order valence-corrected chi connectivity index (χ3v) is 3.04. The Labute approximate surface area is 110 Å². The van der Waals surface area contributed by atoms with Crippen LogP contribution < -0.4 is 11.1 Å². The Kier molecular flexibility index (Phi) is 2.68. The fraction of sp³-hybridized carbons (Fsp3) is 0. The van der Waals surface area contributed by atoms with Gasteiger partial charge in [0.1, 0.15) is 0 Å². The number of anilines is 2. The molecule has 3 rings (SSSR count). The fourth-order valence-electron chi connectivity index (χ4n) is 2.07. The van der Waals surface area contributed by atoms with Crippen LogP contribution in [0.2, 0.25) is 0 Å². The first kappa shape index (κ1) is 11.3. The minimum atomic E-state index is -0.175. The second-order valence-corrected chi connectivity index (χ2v) is 4.29. The predicted octanol–water partition coefficient (Wildman–Crippen LogP) is 3.00. The molecule has 2 aromatic carbocycles. The minimum absolute atomic E-state index is 0.175. The van der Waals surface area contributed by atoms with E-state index in [1.807, 2.05) is 36.5 Å². The van der Waals surface area contributed by atoms with Crippen molar-refractivity contribution in [2.45, 2.75) is 0 Å². The van der Waals surface area contributed by atoms with E-state index in [2.05, 4.69) is 10.3 Å². The van der Waals surface area contributed by atoms with Crippen LogP contribution in [0.5, 0.6) is 0 Å². The van der Waals surface area contributed by atoms with E-state index in [0.717, 1.165) is 10.9 Å². The number of aromatic nitrogens is 1. The number of carbonyl (C=O) groups is 1. The van der Waals surface area contributed by atoms with Gasteiger partial charge >= 0.3 is 0 Å². The smallest absolute Gasteiger partial charge is 0.257 e. The zero-order valence-corrected chi connectivity index (χ0v) is 10.2. The number of fused-ring (bicyclic) bond motifs is 1. The lowest BCUT2D eigenvalue weighted by Crippen LogP contribution is -2.13. The number of para-hydroxylation sites is 3. The topological polar surface area (TPSA) is 70.9 Å². The third-order valence-electron chi connectivity index (χ3n) is 3.04. The second-order valence-electron chi connectivity index (χ2n) is 4.29. The molecule has 1 aromatic heterocycles. The van der Waals surface area contributed by atoms with Crippen LogP contribution in [-0.4, -0.2) is 10.9 Å². The highest BCUT2D eigenvalue weighted by molar-refractivity contribution is 6.12. The molecule has 0 aliphatic rings. The van der Waals surface area contributed by atoms with E-state index in [-0.39, 0.29) is 5.91 Å². The van der Waals surface area contributed by atoms with Crippen molar-refractivity contribution in [2.24, 2.45) is 0 Å². The van der Waals surface area contributed by atoms with E-state index in [0.29, 0.717) is 16.9 Å². The van der Waals surface area contributed by atoms with Crippen LogP contribution >= 0.6 is 0 Å². The Morgan fingerprint density at radius 2 is 1.89 bits per heavy atom. The van der Waals surface area contributed by atoms with Gasteiger partial charge < -0.3 is 16.0 Å². The molecule has 0 aliphatic heterocycles. The van der Waals surface area contributed by atoms with Crippen molar-refractivity contribution in [3.05, 3.63) is 60.3 Å². The van der Waals surface area contributed by atoms with E-state index >= 15 is 0 Å². The summed E-state index contributed by atoms with van der Waals surface area (Å²) in [5.74, 6) is -0.175. The maximum atomic E-state index is 12.3. The van der Waals surface area contributed by atoms with Gasteiger partial charge in [0.05, 0.1) is 22.5 Å².